The summed E-state index contributed by atoms with van der Waals surface area (Å²) in [5, 5.41) is 0. The highest BCUT2D eigenvalue weighted by Crippen LogP contribution is 2.43. The van der Waals surface area contributed by atoms with Gasteiger partial charge in [0.2, 0.25) is 0 Å². The first-order valence-corrected chi connectivity index (χ1v) is 40.5. The van der Waals surface area contributed by atoms with Crippen LogP contribution in [0.25, 0.3) is 0 Å². The van der Waals surface area contributed by atoms with Crippen molar-refractivity contribution in [2.45, 2.75) is 367 Å². The van der Waals surface area contributed by atoms with Gasteiger partial charge in [-0.25, -0.2) is 4.57 Å². The molecule has 0 amide bonds. The highest BCUT2D eigenvalue weighted by Gasteiger charge is 2.27. The Morgan fingerprint density at radius 1 is 0.348 bits per heavy atom. The number of phosphoric acid groups is 1. The number of nitrogens with zero attached hydrogens (tertiary/aromatic N) is 1. The van der Waals surface area contributed by atoms with Crippen LogP contribution in [0.15, 0.2) is 97.2 Å². The van der Waals surface area contributed by atoms with E-state index in [2.05, 4.69) is 111 Å². The molecule has 0 aliphatic rings. The summed E-state index contributed by atoms with van der Waals surface area (Å²) in [6.07, 6.45) is 101. The van der Waals surface area contributed by atoms with Crippen molar-refractivity contribution >= 4 is 19.8 Å². The zero-order valence-corrected chi connectivity index (χ0v) is 61.9. The normalized spacial score (nSPS) is 13.6. The third-order valence-electron chi connectivity index (χ3n) is 17.1. The summed E-state index contributed by atoms with van der Waals surface area (Å²) >= 11 is 0. The predicted molar refractivity (Wildman–Crippen MR) is 399 cm³/mol. The zero-order chi connectivity index (χ0) is 66.9. The van der Waals surface area contributed by atoms with E-state index in [-0.39, 0.29) is 25.6 Å². The molecule has 0 heterocycles. The summed E-state index contributed by atoms with van der Waals surface area (Å²) in [6, 6.07) is 0. The van der Waals surface area contributed by atoms with Crippen molar-refractivity contribution in [2.24, 2.45) is 0 Å². The van der Waals surface area contributed by atoms with Gasteiger partial charge in [0, 0.05) is 12.8 Å². The van der Waals surface area contributed by atoms with Crippen LogP contribution in [-0.2, 0) is 32.7 Å². The fourth-order valence-electron chi connectivity index (χ4n) is 11.2. The maximum Gasteiger partial charge on any atom is 0.472 e. The van der Waals surface area contributed by atoms with Crippen molar-refractivity contribution in [3.63, 3.8) is 0 Å². The highest BCUT2D eigenvalue weighted by atomic mass is 31.2. The Bertz CT molecular complexity index is 1880. The number of allylic oxidation sites excluding steroid dienone is 16. The third kappa shape index (κ3) is 76.0. The van der Waals surface area contributed by atoms with Crippen LogP contribution in [0.4, 0.5) is 0 Å². The molecule has 0 aliphatic heterocycles. The summed E-state index contributed by atoms with van der Waals surface area (Å²) in [5.74, 6) is -0.784. The van der Waals surface area contributed by atoms with Crippen molar-refractivity contribution in [1.29, 1.82) is 0 Å². The Morgan fingerprint density at radius 2 is 0.620 bits per heavy atom. The lowest BCUT2D eigenvalue weighted by atomic mass is 10.0. The second kappa shape index (κ2) is 72.2. The van der Waals surface area contributed by atoms with Crippen LogP contribution in [0.3, 0.4) is 0 Å². The van der Waals surface area contributed by atoms with Crippen molar-refractivity contribution in [1.82, 2.24) is 0 Å². The topological polar surface area (TPSA) is 108 Å². The number of quaternary nitrogens is 1. The molecule has 0 aromatic carbocycles. The average Bonchev–Trinajstić information content (AvgIpc) is 2.23. The Balaban J connectivity index is 3.97. The fraction of sp³-hybridized carbons (Fsp3) is 0.780. The number of ether oxygens (including phenoxy) is 2. The third-order valence-corrected chi connectivity index (χ3v) is 18.1. The molecule has 0 aromatic rings. The number of carbonyl (C=O) groups excluding carboxylic acids is 2. The zero-order valence-electron chi connectivity index (χ0n) is 61.0. The Labute approximate surface area is 570 Å². The standard InChI is InChI=1S/C82H148NO8P/c1-6-8-10-12-14-16-18-20-22-24-26-28-30-32-34-36-38-40-41-43-44-46-48-50-52-54-56-58-60-62-64-66-68-70-72-74-81(84)88-78-80(79-90-92(86,87)89-77-76-83(3,4)5)91-82(85)75-73-71-69-67-65-63-61-59-57-55-53-51-49-47-45-42-39-37-35-33-31-29-27-25-23-21-19-17-15-13-11-9-7-2/h9,11,15,17-18,20-21,23-24,26-27,29,33,35,39,42,80H,6-8,10,12-14,16,19,22,25,28,30-32,34,36-38,40-41,43-79H2,1-5H3/p+1/b11-9-,17-15-,20-18-,23-21-,26-24-,29-27-,35-33-,42-39-. The van der Waals surface area contributed by atoms with Crippen molar-refractivity contribution in [3.05, 3.63) is 97.2 Å². The number of likely N-dealkylation sites (N-methyl/N-ethyl adjacent to an activating group) is 1. The SMILES string of the molecule is CC/C=C\C/C=C\C/C=C\C/C=C\C/C=C\C/C=C\CCCCCCCCCCCCCCCCC(=O)OC(COC(=O)CCCCCCCCCCCCCCCCCCCCCCCCC/C=C\C/C=C\CCCCCCC)COP(=O)(O)OCC[N+](C)(C)C. The number of hydrogen-bond donors (Lipinski definition) is 1. The van der Waals surface area contributed by atoms with Crippen molar-refractivity contribution < 1.29 is 42.1 Å². The second-order valence-corrected chi connectivity index (χ2v) is 28.8. The van der Waals surface area contributed by atoms with E-state index in [1.54, 1.807) is 0 Å². The molecule has 2 atom stereocenters. The quantitative estimate of drug-likeness (QED) is 0.0211. The number of carbonyl (C=O) groups is 2. The number of esters is 2. The first-order chi connectivity index (χ1) is 45.0. The first-order valence-electron chi connectivity index (χ1n) is 39.0. The Kier molecular flexibility index (Phi) is 69.8. The van der Waals surface area contributed by atoms with E-state index in [1.165, 1.54) is 244 Å². The minimum absolute atomic E-state index is 0.0305. The van der Waals surface area contributed by atoms with Gasteiger partial charge in [-0.05, 0) is 96.3 Å². The van der Waals surface area contributed by atoms with Gasteiger partial charge in [-0.3, -0.25) is 18.6 Å². The lowest BCUT2D eigenvalue weighted by molar-refractivity contribution is -0.870. The van der Waals surface area contributed by atoms with Crippen LogP contribution in [0.2, 0.25) is 0 Å². The number of phosphoric ester groups is 1. The van der Waals surface area contributed by atoms with Gasteiger partial charge < -0.3 is 18.9 Å². The van der Waals surface area contributed by atoms with E-state index in [0.29, 0.717) is 23.9 Å². The van der Waals surface area contributed by atoms with Crippen molar-refractivity contribution in [3.8, 4) is 0 Å². The monoisotopic (exact) mass is 1310 g/mol. The molecule has 10 heteroatoms. The minimum atomic E-state index is -4.40. The van der Waals surface area contributed by atoms with Crippen LogP contribution in [0, 0.1) is 0 Å². The lowest BCUT2D eigenvalue weighted by Crippen LogP contribution is -2.37. The molecule has 0 fully saturated rings. The first kappa shape index (κ1) is 88.9. The van der Waals surface area contributed by atoms with Gasteiger partial charge >= 0.3 is 19.8 Å². The average molecular weight is 1310 g/mol. The Morgan fingerprint density at radius 3 is 0.924 bits per heavy atom. The molecule has 92 heavy (non-hydrogen) atoms. The van der Waals surface area contributed by atoms with Gasteiger partial charge in [0.15, 0.2) is 6.10 Å². The lowest BCUT2D eigenvalue weighted by Gasteiger charge is -2.24. The van der Waals surface area contributed by atoms with E-state index in [4.69, 9.17) is 18.5 Å². The molecule has 0 aliphatic carbocycles. The van der Waals surface area contributed by atoms with Crippen molar-refractivity contribution in [2.75, 3.05) is 47.5 Å². The molecule has 0 aromatic heterocycles. The molecule has 0 saturated carbocycles. The van der Waals surface area contributed by atoms with E-state index in [1.807, 2.05) is 21.1 Å². The fourth-order valence-corrected chi connectivity index (χ4v) is 11.9. The molecule has 534 valence electrons. The smallest absolute Gasteiger partial charge is 0.462 e. The second-order valence-electron chi connectivity index (χ2n) is 27.4. The molecular formula is C82H149NO8P+. The molecular weight excluding hydrogens is 1160 g/mol. The molecule has 0 bridgehead atoms. The van der Waals surface area contributed by atoms with E-state index < -0.39 is 26.5 Å². The summed E-state index contributed by atoms with van der Waals surface area (Å²) in [6.45, 7) is 4.36. The number of rotatable bonds is 72. The summed E-state index contributed by atoms with van der Waals surface area (Å²) in [7, 11) is 1.49. The molecule has 0 radical (unpaired) electrons. The Hall–Kier alpha value is -3.07. The van der Waals surface area contributed by atoms with E-state index >= 15 is 0 Å². The summed E-state index contributed by atoms with van der Waals surface area (Å²) in [4.78, 5) is 36.0. The highest BCUT2D eigenvalue weighted by molar-refractivity contribution is 7.47. The van der Waals surface area contributed by atoms with Crippen LogP contribution in [0.1, 0.15) is 361 Å². The molecule has 0 spiro atoms. The predicted octanol–water partition coefficient (Wildman–Crippen LogP) is 25.8. The molecule has 0 saturated heterocycles. The molecule has 1 N–H and O–H groups in total. The molecule has 9 nitrogen and oxygen atoms in total. The van der Waals surface area contributed by atoms with Gasteiger partial charge in [0.25, 0.3) is 0 Å². The van der Waals surface area contributed by atoms with Gasteiger partial charge in [0.1, 0.15) is 19.8 Å². The van der Waals surface area contributed by atoms with Gasteiger partial charge in [0.05, 0.1) is 27.7 Å². The molecule has 2 unspecified atom stereocenters. The van der Waals surface area contributed by atoms with Gasteiger partial charge in [-0.15, -0.1) is 0 Å². The molecule has 0 rings (SSSR count). The maximum atomic E-state index is 12.9. The largest absolute Gasteiger partial charge is 0.472 e. The summed E-state index contributed by atoms with van der Waals surface area (Å²) < 4.78 is 34.8. The maximum absolute atomic E-state index is 12.9. The van der Waals surface area contributed by atoms with E-state index in [9.17, 15) is 19.0 Å². The summed E-state index contributed by atoms with van der Waals surface area (Å²) in [5.41, 5.74) is 0. The van der Waals surface area contributed by atoms with Crippen LogP contribution >= 0.6 is 7.82 Å². The van der Waals surface area contributed by atoms with E-state index in [0.717, 1.165) is 83.5 Å². The number of hydrogen-bond acceptors (Lipinski definition) is 7. The van der Waals surface area contributed by atoms with Crippen LogP contribution in [0.5, 0.6) is 0 Å². The van der Waals surface area contributed by atoms with Crippen LogP contribution < -0.4 is 0 Å². The van der Waals surface area contributed by atoms with Crippen LogP contribution in [-0.4, -0.2) is 74.9 Å². The number of unbranched alkanes of at least 4 members (excludes halogenated alkanes) is 42. The van der Waals surface area contributed by atoms with Gasteiger partial charge in [-0.1, -0.05) is 349 Å². The minimum Gasteiger partial charge on any atom is -0.462 e. The van der Waals surface area contributed by atoms with Gasteiger partial charge in [-0.2, -0.15) is 0 Å².